The van der Waals surface area contributed by atoms with Gasteiger partial charge < -0.3 is 21.3 Å². The molecule has 1 amide bonds. The molecule has 0 fully saturated rings. The molecule has 5 nitrogen and oxygen atoms in total. The summed E-state index contributed by atoms with van der Waals surface area (Å²) in [6.45, 7) is 0.324. The lowest BCUT2D eigenvalue weighted by Gasteiger charge is -2.44. The molecule has 3 N–H and O–H groups in total. The van der Waals surface area contributed by atoms with Gasteiger partial charge in [-0.15, -0.1) is 5.91 Å². The highest BCUT2D eigenvalue weighted by Crippen LogP contribution is 2.11. The summed E-state index contributed by atoms with van der Waals surface area (Å²) < 4.78 is 0.962. The quantitative estimate of drug-likeness (QED) is 0.736. The van der Waals surface area contributed by atoms with Crippen molar-refractivity contribution < 1.29 is 15.0 Å². The Hall–Kier alpha value is -1.73. The lowest BCUT2D eigenvalue weighted by molar-refractivity contribution is -0.734. The molecule has 0 aliphatic rings. The Kier molecular flexibility index (Phi) is 5.31. The van der Waals surface area contributed by atoms with Crippen LogP contribution in [0.15, 0.2) is 53.0 Å². The summed E-state index contributed by atoms with van der Waals surface area (Å²) in [6.07, 6.45) is 0.290. The Balaban J connectivity index is 1.87. The smallest absolute Gasteiger partial charge is 0.224 e. The first kappa shape index (κ1) is 16.6. The van der Waals surface area contributed by atoms with Crippen molar-refractivity contribution >= 4 is 21.8 Å². The lowest BCUT2D eigenvalue weighted by atomic mass is 10.1. The Morgan fingerprint density at radius 3 is 2.14 bits per heavy atom. The van der Waals surface area contributed by atoms with Crippen LogP contribution in [0, 0.1) is 0 Å². The SMILES string of the molecule is NC([O-])([O-])c1ccc(CNC(=O)Cc2ccc(Br)cc2)cc1. The molecule has 0 unspecified atom stereocenters. The number of nitrogens with two attached hydrogens (primary N) is 1. The van der Waals surface area contributed by atoms with Crippen molar-refractivity contribution in [3.05, 3.63) is 69.7 Å². The number of amides is 1. The van der Waals surface area contributed by atoms with Gasteiger partial charge in [0.15, 0.2) is 0 Å². The largest absolute Gasteiger partial charge is 0.848 e. The summed E-state index contributed by atoms with van der Waals surface area (Å²) in [5, 5.41) is 24.9. The Morgan fingerprint density at radius 2 is 1.59 bits per heavy atom. The third-order valence-corrected chi connectivity index (χ3v) is 3.65. The molecule has 116 valence electrons. The van der Waals surface area contributed by atoms with E-state index in [1.165, 1.54) is 12.1 Å². The topological polar surface area (TPSA) is 101 Å². The Labute approximate surface area is 136 Å². The minimum absolute atomic E-state index is 0.0301. The average Bonchev–Trinajstić information content (AvgIpc) is 2.47. The first-order chi connectivity index (χ1) is 10.3. The summed E-state index contributed by atoms with van der Waals surface area (Å²) in [4.78, 5) is 11.9. The normalized spacial score (nSPS) is 11.3. The van der Waals surface area contributed by atoms with Crippen molar-refractivity contribution in [2.24, 2.45) is 5.73 Å². The van der Waals surface area contributed by atoms with Gasteiger partial charge in [0.1, 0.15) is 0 Å². The van der Waals surface area contributed by atoms with Gasteiger partial charge in [-0.3, -0.25) is 4.79 Å². The molecule has 2 rings (SSSR count). The molecule has 0 aliphatic heterocycles. The van der Waals surface area contributed by atoms with Gasteiger partial charge in [-0.05, 0) is 23.3 Å². The zero-order chi connectivity index (χ0) is 16.2. The molecule has 0 radical (unpaired) electrons. The predicted molar refractivity (Wildman–Crippen MR) is 82.0 cm³/mol. The fraction of sp³-hybridized carbons (Fsp3) is 0.188. The standard InChI is InChI=1S/C16H15BrN2O3/c17-14-7-3-11(4-8-14)9-15(20)19-10-12-1-5-13(6-2-12)16(18,21)22/h1-8H,9-10,18H2,(H,19,20)/q-2. The van der Waals surface area contributed by atoms with E-state index in [1.54, 1.807) is 12.1 Å². The summed E-state index contributed by atoms with van der Waals surface area (Å²) >= 11 is 3.34. The van der Waals surface area contributed by atoms with E-state index in [0.717, 1.165) is 15.6 Å². The van der Waals surface area contributed by atoms with E-state index in [2.05, 4.69) is 21.2 Å². The lowest BCUT2D eigenvalue weighted by Crippen LogP contribution is -2.60. The third-order valence-electron chi connectivity index (χ3n) is 3.12. The monoisotopic (exact) mass is 362 g/mol. The van der Waals surface area contributed by atoms with Gasteiger partial charge in [-0.2, -0.15) is 0 Å². The molecule has 2 aromatic carbocycles. The first-order valence-corrected chi connectivity index (χ1v) is 7.44. The predicted octanol–water partition coefficient (Wildman–Crippen LogP) is 0.0976. The van der Waals surface area contributed by atoms with Crippen LogP contribution in [0.1, 0.15) is 16.7 Å². The van der Waals surface area contributed by atoms with E-state index >= 15 is 0 Å². The van der Waals surface area contributed by atoms with Gasteiger partial charge >= 0.3 is 0 Å². The van der Waals surface area contributed by atoms with Crippen LogP contribution in [0.3, 0.4) is 0 Å². The third kappa shape index (κ3) is 4.92. The number of halogens is 1. The van der Waals surface area contributed by atoms with E-state index in [-0.39, 0.29) is 11.5 Å². The van der Waals surface area contributed by atoms with Crippen molar-refractivity contribution in [3.63, 3.8) is 0 Å². The summed E-state index contributed by atoms with van der Waals surface area (Å²) in [7, 11) is 0. The van der Waals surface area contributed by atoms with Crippen LogP contribution in [0.25, 0.3) is 0 Å². The molecule has 0 aromatic heterocycles. The first-order valence-electron chi connectivity index (χ1n) is 6.65. The van der Waals surface area contributed by atoms with Crippen molar-refractivity contribution in [1.29, 1.82) is 0 Å². The molecule has 0 spiro atoms. The highest BCUT2D eigenvalue weighted by Gasteiger charge is 2.04. The molecule has 0 saturated heterocycles. The minimum atomic E-state index is -2.84. The zero-order valence-corrected chi connectivity index (χ0v) is 13.3. The molecule has 2 aromatic rings. The second kappa shape index (κ2) is 7.02. The molecule has 22 heavy (non-hydrogen) atoms. The molecule has 0 atom stereocenters. The number of benzene rings is 2. The zero-order valence-electron chi connectivity index (χ0n) is 11.7. The molecule has 6 heteroatoms. The van der Waals surface area contributed by atoms with Gasteiger partial charge in [-0.1, -0.05) is 57.9 Å². The molecular formula is C16H15BrN2O3-2. The highest BCUT2D eigenvalue weighted by atomic mass is 79.9. The summed E-state index contributed by atoms with van der Waals surface area (Å²) in [6, 6.07) is 13.5. The van der Waals surface area contributed by atoms with Gasteiger partial charge in [-0.25, -0.2) is 0 Å². The maximum absolute atomic E-state index is 11.9. The van der Waals surface area contributed by atoms with Crippen LogP contribution in [-0.4, -0.2) is 5.91 Å². The highest BCUT2D eigenvalue weighted by molar-refractivity contribution is 9.10. The molecule has 0 saturated carbocycles. The van der Waals surface area contributed by atoms with Crippen LogP contribution < -0.4 is 21.3 Å². The van der Waals surface area contributed by atoms with Gasteiger partial charge in [0, 0.05) is 11.0 Å². The molecule has 0 bridgehead atoms. The van der Waals surface area contributed by atoms with E-state index in [9.17, 15) is 15.0 Å². The van der Waals surface area contributed by atoms with E-state index in [1.807, 2.05) is 24.3 Å². The second-order valence-corrected chi connectivity index (χ2v) is 5.86. The van der Waals surface area contributed by atoms with Crippen LogP contribution in [-0.2, 0) is 23.7 Å². The van der Waals surface area contributed by atoms with E-state index < -0.39 is 5.91 Å². The number of hydrogen-bond donors (Lipinski definition) is 2. The maximum Gasteiger partial charge on any atom is 0.224 e. The van der Waals surface area contributed by atoms with E-state index in [0.29, 0.717) is 13.0 Å². The average molecular weight is 363 g/mol. The van der Waals surface area contributed by atoms with Crippen molar-refractivity contribution in [2.45, 2.75) is 18.9 Å². The van der Waals surface area contributed by atoms with Crippen LogP contribution in [0.5, 0.6) is 0 Å². The van der Waals surface area contributed by atoms with Crippen LogP contribution in [0.2, 0.25) is 0 Å². The number of carbonyl (C=O) groups excluding carboxylic acids is 1. The van der Waals surface area contributed by atoms with Crippen molar-refractivity contribution in [2.75, 3.05) is 0 Å². The van der Waals surface area contributed by atoms with Gasteiger partial charge in [0.2, 0.25) is 5.91 Å². The number of rotatable bonds is 5. The molecular weight excluding hydrogens is 348 g/mol. The molecule has 0 heterocycles. The number of nitrogens with one attached hydrogen (secondary N) is 1. The minimum Gasteiger partial charge on any atom is -0.848 e. The fourth-order valence-corrected chi connectivity index (χ4v) is 2.17. The van der Waals surface area contributed by atoms with Gasteiger partial charge in [0.25, 0.3) is 0 Å². The summed E-state index contributed by atoms with van der Waals surface area (Å²) in [5.74, 6) is -2.95. The summed E-state index contributed by atoms with van der Waals surface area (Å²) in [5.41, 5.74) is 6.62. The van der Waals surface area contributed by atoms with E-state index in [4.69, 9.17) is 5.73 Å². The van der Waals surface area contributed by atoms with Crippen molar-refractivity contribution in [3.8, 4) is 0 Å². The van der Waals surface area contributed by atoms with Crippen LogP contribution in [0.4, 0.5) is 0 Å². The van der Waals surface area contributed by atoms with Gasteiger partial charge in [0.05, 0.1) is 6.42 Å². The maximum atomic E-state index is 11.9. The number of hydrogen-bond acceptors (Lipinski definition) is 4. The fourth-order valence-electron chi connectivity index (χ4n) is 1.91. The molecule has 0 aliphatic carbocycles. The second-order valence-electron chi connectivity index (χ2n) is 4.94. The number of carbonyl (C=O) groups is 1. The van der Waals surface area contributed by atoms with Crippen LogP contribution >= 0.6 is 15.9 Å². The van der Waals surface area contributed by atoms with Crippen molar-refractivity contribution in [1.82, 2.24) is 5.32 Å². The Morgan fingerprint density at radius 1 is 1.05 bits per heavy atom. The Bertz CT molecular complexity index is 634.